The largest absolute Gasteiger partial charge is 0.304 e. The number of nitrogens with zero attached hydrogens (tertiary/aromatic N) is 2. The molecule has 2 aromatic heterocycles. The van der Waals surface area contributed by atoms with E-state index in [4.69, 9.17) is 4.98 Å². The van der Waals surface area contributed by atoms with Crippen molar-refractivity contribution in [3.8, 4) is 0 Å². The van der Waals surface area contributed by atoms with Crippen molar-refractivity contribution in [2.75, 3.05) is 0 Å². The van der Waals surface area contributed by atoms with E-state index in [0.717, 1.165) is 18.0 Å². The van der Waals surface area contributed by atoms with E-state index < -0.39 is 0 Å². The van der Waals surface area contributed by atoms with Crippen molar-refractivity contribution in [2.45, 2.75) is 33.1 Å². The second kappa shape index (κ2) is 3.09. The average molecular weight is 200 g/mol. The molecule has 2 heterocycles. The van der Waals surface area contributed by atoms with Gasteiger partial charge in [0.15, 0.2) is 0 Å². The van der Waals surface area contributed by atoms with Crippen molar-refractivity contribution in [2.24, 2.45) is 5.92 Å². The molecule has 0 spiro atoms. The van der Waals surface area contributed by atoms with Crippen molar-refractivity contribution >= 4 is 5.65 Å². The molecule has 0 saturated carbocycles. The summed E-state index contributed by atoms with van der Waals surface area (Å²) in [6.45, 7) is 4.45. The van der Waals surface area contributed by atoms with Crippen LogP contribution in [0.1, 0.15) is 30.3 Å². The van der Waals surface area contributed by atoms with Gasteiger partial charge in [0, 0.05) is 11.9 Å². The van der Waals surface area contributed by atoms with E-state index in [2.05, 4.69) is 36.6 Å². The highest BCUT2D eigenvalue weighted by Gasteiger charge is 2.20. The predicted octanol–water partition coefficient (Wildman–Crippen LogP) is 2.77. The summed E-state index contributed by atoms with van der Waals surface area (Å²) in [5.41, 5.74) is 5.16. The maximum Gasteiger partial charge on any atom is 0.137 e. The maximum atomic E-state index is 4.71. The lowest BCUT2D eigenvalue weighted by molar-refractivity contribution is 0.488. The SMILES string of the molecule is Cc1ccn2c3c(nc2c1)CCC(C)C3. The monoisotopic (exact) mass is 200 g/mol. The van der Waals surface area contributed by atoms with Gasteiger partial charge in [-0.1, -0.05) is 6.92 Å². The number of pyridine rings is 1. The lowest BCUT2D eigenvalue weighted by Crippen LogP contribution is -2.12. The van der Waals surface area contributed by atoms with Crippen molar-refractivity contribution in [3.63, 3.8) is 0 Å². The van der Waals surface area contributed by atoms with Gasteiger partial charge >= 0.3 is 0 Å². The first-order valence-electron chi connectivity index (χ1n) is 5.70. The highest BCUT2D eigenvalue weighted by molar-refractivity contribution is 5.46. The molecule has 0 saturated heterocycles. The molecule has 1 unspecified atom stereocenters. The Morgan fingerprint density at radius 1 is 1.47 bits per heavy atom. The van der Waals surface area contributed by atoms with Crippen LogP contribution in [-0.4, -0.2) is 9.38 Å². The summed E-state index contributed by atoms with van der Waals surface area (Å²) in [7, 11) is 0. The van der Waals surface area contributed by atoms with Crippen LogP contribution < -0.4 is 0 Å². The van der Waals surface area contributed by atoms with Gasteiger partial charge in [-0.25, -0.2) is 4.98 Å². The van der Waals surface area contributed by atoms with Gasteiger partial charge in [-0.2, -0.15) is 0 Å². The highest BCUT2D eigenvalue weighted by Crippen LogP contribution is 2.26. The van der Waals surface area contributed by atoms with E-state index in [0.29, 0.717) is 0 Å². The number of imidazole rings is 1. The van der Waals surface area contributed by atoms with Gasteiger partial charge < -0.3 is 4.40 Å². The molecule has 0 aromatic carbocycles. The molecule has 15 heavy (non-hydrogen) atoms. The van der Waals surface area contributed by atoms with Crippen molar-refractivity contribution in [1.29, 1.82) is 0 Å². The zero-order valence-electron chi connectivity index (χ0n) is 9.33. The summed E-state index contributed by atoms with van der Waals surface area (Å²) in [6.07, 6.45) is 5.78. The Kier molecular flexibility index (Phi) is 1.84. The molecule has 0 bridgehead atoms. The van der Waals surface area contributed by atoms with Gasteiger partial charge in [0.2, 0.25) is 0 Å². The molecular weight excluding hydrogens is 184 g/mol. The van der Waals surface area contributed by atoms with Gasteiger partial charge in [-0.3, -0.25) is 0 Å². The molecule has 2 heteroatoms. The van der Waals surface area contributed by atoms with Crippen LogP contribution in [0.25, 0.3) is 5.65 Å². The van der Waals surface area contributed by atoms with Crippen LogP contribution in [0.3, 0.4) is 0 Å². The molecule has 3 rings (SSSR count). The van der Waals surface area contributed by atoms with Gasteiger partial charge in [-0.05, 0) is 49.8 Å². The van der Waals surface area contributed by atoms with Crippen LogP contribution >= 0.6 is 0 Å². The summed E-state index contributed by atoms with van der Waals surface area (Å²) in [4.78, 5) is 4.71. The maximum absolute atomic E-state index is 4.71. The molecule has 0 aliphatic heterocycles. The fraction of sp³-hybridized carbons (Fsp3) is 0.462. The van der Waals surface area contributed by atoms with Gasteiger partial charge in [0.1, 0.15) is 5.65 Å². The Hall–Kier alpha value is -1.31. The first-order chi connectivity index (χ1) is 7.24. The molecule has 1 atom stereocenters. The fourth-order valence-corrected chi connectivity index (χ4v) is 2.48. The first kappa shape index (κ1) is 8.96. The number of rotatable bonds is 0. The summed E-state index contributed by atoms with van der Waals surface area (Å²) in [5, 5.41) is 0. The standard InChI is InChI=1S/C13H16N2/c1-9-3-4-11-12(7-9)15-6-5-10(2)8-13(15)14-11/h5-6,8-9H,3-4,7H2,1-2H3. The first-order valence-corrected chi connectivity index (χ1v) is 5.70. The van der Waals surface area contributed by atoms with E-state index in [1.165, 1.54) is 29.8 Å². The topological polar surface area (TPSA) is 17.3 Å². The second-order valence-electron chi connectivity index (χ2n) is 4.79. The quantitative estimate of drug-likeness (QED) is 0.639. The number of aryl methyl sites for hydroxylation is 2. The summed E-state index contributed by atoms with van der Waals surface area (Å²) >= 11 is 0. The summed E-state index contributed by atoms with van der Waals surface area (Å²) < 4.78 is 2.26. The Bertz CT molecular complexity index is 510. The van der Waals surface area contributed by atoms with Gasteiger partial charge in [0.25, 0.3) is 0 Å². The van der Waals surface area contributed by atoms with Gasteiger partial charge in [0.05, 0.1) is 5.69 Å². The minimum Gasteiger partial charge on any atom is -0.304 e. The second-order valence-corrected chi connectivity index (χ2v) is 4.79. The Balaban J connectivity index is 2.24. The number of hydrogen-bond donors (Lipinski definition) is 0. The molecule has 0 N–H and O–H groups in total. The average Bonchev–Trinajstić information content (AvgIpc) is 2.54. The van der Waals surface area contributed by atoms with E-state index in [9.17, 15) is 0 Å². The highest BCUT2D eigenvalue weighted by atomic mass is 15.0. The Morgan fingerprint density at radius 3 is 3.20 bits per heavy atom. The molecule has 0 amide bonds. The third-order valence-corrected chi connectivity index (χ3v) is 3.38. The molecular formula is C13H16N2. The third kappa shape index (κ3) is 1.36. The number of fused-ring (bicyclic) bond motifs is 3. The van der Waals surface area contributed by atoms with Crippen molar-refractivity contribution < 1.29 is 0 Å². The zero-order valence-corrected chi connectivity index (χ0v) is 9.33. The molecule has 0 radical (unpaired) electrons. The van der Waals surface area contributed by atoms with Crippen LogP contribution in [0.2, 0.25) is 0 Å². The molecule has 78 valence electrons. The molecule has 0 fully saturated rings. The van der Waals surface area contributed by atoms with Crippen molar-refractivity contribution in [1.82, 2.24) is 9.38 Å². The van der Waals surface area contributed by atoms with Crippen LogP contribution in [0.5, 0.6) is 0 Å². The van der Waals surface area contributed by atoms with Crippen LogP contribution in [-0.2, 0) is 12.8 Å². The van der Waals surface area contributed by atoms with E-state index >= 15 is 0 Å². The van der Waals surface area contributed by atoms with E-state index in [1.54, 1.807) is 0 Å². The molecule has 2 nitrogen and oxygen atoms in total. The van der Waals surface area contributed by atoms with Gasteiger partial charge in [-0.15, -0.1) is 0 Å². The zero-order chi connectivity index (χ0) is 10.4. The third-order valence-electron chi connectivity index (χ3n) is 3.38. The number of aromatic nitrogens is 2. The molecule has 2 aromatic rings. The van der Waals surface area contributed by atoms with Crippen LogP contribution in [0.15, 0.2) is 18.3 Å². The Morgan fingerprint density at radius 2 is 2.33 bits per heavy atom. The lowest BCUT2D eigenvalue weighted by atomic mass is 9.91. The fourth-order valence-electron chi connectivity index (χ4n) is 2.48. The van der Waals surface area contributed by atoms with E-state index in [1.807, 2.05) is 0 Å². The van der Waals surface area contributed by atoms with Crippen molar-refractivity contribution in [3.05, 3.63) is 35.3 Å². The smallest absolute Gasteiger partial charge is 0.137 e. The molecule has 1 aliphatic rings. The van der Waals surface area contributed by atoms with Crippen LogP contribution in [0.4, 0.5) is 0 Å². The normalized spacial score (nSPS) is 20.5. The minimum absolute atomic E-state index is 0.804. The minimum atomic E-state index is 0.804. The summed E-state index contributed by atoms with van der Waals surface area (Å²) in [5.74, 6) is 0.804. The Labute approximate surface area is 90.0 Å². The lowest BCUT2D eigenvalue weighted by Gasteiger charge is -2.17. The molecule has 1 aliphatic carbocycles. The predicted molar refractivity (Wildman–Crippen MR) is 61.1 cm³/mol. The van der Waals surface area contributed by atoms with E-state index in [-0.39, 0.29) is 0 Å². The number of hydrogen-bond acceptors (Lipinski definition) is 1. The summed E-state index contributed by atoms with van der Waals surface area (Å²) in [6, 6.07) is 4.33. The van der Waals surface area contributed by atoms with Crippen LogP contribution in [0, 0.1) is 12.8 Å².